The summed E-state index contributed by atoms with van der Waals surface area (Å²) in [7, 11) is 1.58. The van der Waals surface area contributed by atoms with Crippen molar-refractivity contribution >= 4 is 5.91 Å². The largest absolute Gasteiger partial charge is 0.378 e. The molecule has 0 saturated carbocycles. The van der Waals surface area contributed by atoms with Gasteiger partial charge in [-0.25, -0.2) is 0 Å². The van der Waals surface area contributed by atoms with Crippen LogP contribution in [0.2, 0.25) is 0 Å². The van der Waals surface area contributed by atoms with Crippen LogP contribution in [-0.4, -0.2) is 50.2 Å². The number of nitriles is 1. The fraction of sp³-hybridized carbons (Fsp3) is 0.750. The van der Waals surface area contributed by atoms with Gasteiger partial charge in [-0.05, 0) is 0 Å². The zero-order valence-corrected chi connectivity index (χ0v) is 7.62. The number of nitrogens with one attached hydrogen (secondary N) is 1. The van der Waals surface area contributed by atoms with Crippen molar-refractivity contribution in [2.24, 2.45) is 0 Å². The van der Waals surface area contributed by atoms with E-state index < -0.39 is 0 Å². The van der Waals surface area contributed by atoms with Gasteiger partial charge in [0.05, 0.1) is 25.8 Å². The Morgan fingerprint density at radius 1 is 1.85 bits per heavy atom. The molecule has 1 fully saturated rings. The highest BCUT2D eigenvalue weighted by molar-refractivity contribution is 5.81. The number of likely N-dealkylation sites (N-methyl/N-ethyl adjacent to an activating group) is 1. The fourth-order valence-corrected chi connectivity index (χ4v) is 1.33. The molecule has 1 atom stereocenters. The number of hydrogen-bond donors (Lipinski definition) is 1. The number of carbonyl (C=O) groups excluding carboxylic acids is 1. The first-order chi connectivity index (χ1) is 6.29. The Morgan fingerprint density at radius 2 is 2.62 bits per heavy atom. The maximum Gasteiger partial charge on any atom is 0.239 e. The van der Waals surface area contributed by atoms with E-state index in [2.05, 4.69) is 5.32 Å². The molecule has 1 saturated heterocycles. The van der Waals surface area contributed by atoms with Crippen molar-refractivity contribution < 1.29 is 9.53 Å². The van der Waals surface area contributed by atoms with Crippen LogP contribution in [0.1, 0.15) is 0 Å². The maximum absolute atomic E-state index is 11.3. The molecule has 1 N–H and O–H groups in total. The molecule has 1 unspecified atom stereocenters. The van der Waals surface area contributed by atoms with E-state index in [4.69, 9.17) is 10.00 Å². The van der Waals surface area contributed by atoms with Crippen LogP contribution in [0.5, 0.6) is 0 Å². The van der Waals surface area contributed by atoms with Gasteiger partial charge in [-0.15, -0.1) is 0 Å². The smallest absolute Gasteiger partial charge is 0.239 e. The Balaban J connectivity index is 2.57. The summed E-state index contributed by atoms with van der Waals surface area (Å²) in [6.07, 6.45) is 0. The molecule has 72 valence electrons. The lowest BCUT2D eigenvalue weighted by Crippen LogP contribution is -2.53. The molecule has 0 radical (unpaired) electrons. The zero-order chi connectivity index (χ0) is 9.68. The summed E-state index contributed by atoms with van der Waals surface area (Å²) in [6.45, 7) is 1.89. The average molecular weight is 183 g/mol. The quantitative estimate of drug-likeness (QED) is 0.555. The van der Waals surface area contributed by atoms with Crippen LogP contribution < -0.4 is 5.32 Å². The Bertz CT molecular complexity index is 224. The number of hydrogen-bond acceptors (Lipinski definition) is 4. The van der Waals surface area contributed by atoms with E-state index >= 15 is 0 Å². The number of amides is 1. The second kappa shape index (κ2) is 4.80. The summed E-state index contributed by atoms with van der Waals surface area (Å²) in [5.74, 6) is -0.0880. The summed E-state index contributed by atoms with van der Waals surface area (Å²) in [6, 6.07) is 1.73. The first-order valence-electron chi connectivity index (χ1n) is 4.20. The van der Waals surface area contributed by atoms with E-state index in [1.165, 1.54) is 0 Å². The van der Waals surface area contributed by atoms with Gasteiger partial charge in [-0.3, -0.25) is 9.69 Å². The Hall–Kier alpha value is -1.12. The third-order valence-electron chi connectivity index (χ3n) is 2.06. The number of ether oxygens (including phenoxy) is 1. The molecule has 5 heteroatoms. The van der Waals surface area contributed by atoms with Gasteiger partial charge in [-0.2, -0.15) is 5.26 Å². The summed E-state index contributed by atoms with van der Waals surface area (Å²) >= 11 is 0. The minimum absolute atomic E-state index is 0.0880. The molecule has 1 aliphatic heterocycles. The third kappa shape index (κ3) is 2.41. The predicted octanol–water partition coefficient (Wildman–Crippen LogP) is -1.04. The van der Waals surface area contributed by atoms with Gasteiger partial charge in [0, 0.05) is 13.6 Å². The number of rotatable bonds is 2. The Morgan fingerprint density at radius 3 is 3.23 bits per heavy atom. The van der Waals surface area contributed by atoms with Crippen molar-refractivity contribution in [3.63, 3.8) is 0 Å². The maximum atomic E-state index is 11.3. The summed E-state index contributed by atoms with van der Waals surface area (Å²) in [5.41, 5.74) is 0. The van der Waals surface area contributed by atoms with Crippen LogP contribution in [0, 0.1) is 11.3 Å². The molecule has 1 aliphatic rings. The van der Waals surface area contributed by atoms with Crippen LogP contribution >= 0.6 is 0 Å². The van der Waals surface area contributed by atoms with Crippen molar-refractivity contribution in [1.82, 2.24) is 10.2 Å². The highest BCUT2D eigenvalue weighted by Gasteiger charge is 2.28. The van der Waals surface area contributed by atoms with Crippen LogP contribution in [0.15, 0.2) is 0 Å². The first-order valence-corrected chi connectivity index (χ1v) is 4.20. The van der Waals surface area contributed by atoms with Crippen molar-refractivity contribution in [2.45, 2.75) is 6.04 Å². The summed E-state index contributed by atoms with van der Waals surface area (Å²) < 4.78 is 5.17. The average Bonchev–Trinajstić information content (AvgIpc) is 2.18. The van der Waals surface area contributed by atoms with E-state index in [0.29, 0.717) is 19.8 Å². The van der Waals surface area contributed by atoms with Gasteiger partial charge >= 0.3 is 0 Å². The zero-order valence-electron chi connectivity index (χ0n) is 7.62. The van der Waals surface area contributed by atoms with Crippen molar-refractivity contribution in [3.8, 4) is 6.07 Å². The van der Waals surface area contributed by atoms with Gasteiger partial charge in [0.15, 0.2) is 0 Å². The molecule has 0 aromatic carbocycles. The van der Waals surface area contributed by atoms with Crippen molar-refractivity contribution in [1.29, 1.82) is 5.26 Å². The lowest BCUT2D eigenvalue weighted by Gasteiger charge is -2.32. The molecule has 0 aromatic rings. The van der Waals surface area contributed by atoms with E-state index in [-0.39, 0.29) is 18.5 Å². The monoisotopic (exact) mass is 183 g/mol. The lowest BCUT2D eigenvalue weighted by molar-refractivity contribution is -0.131. The van der Waals surface area contributed by atoms with Crippen LogP contribution in [-0.2, 0) is 9.53 Å². The predicted molar refractivity (Wildman–Crippen MR) is 45.9 cm³/mol. The molecule has 5 nitrogen and oxygen atoms in total. The van der Waals surface area contributed by atoms with E-state index in [1.54, 1.807) is 7.05 Å². The molecule has 0 spiro atoms. The minimum Gasteiger partial charge on any atom is -0.378 e. The van der Waals surface area contributed by atoms with Gasteiger partial charge in [0.25, 0.3) is 0 Å². The van der Waals surface area contributed by atoms with Crippen molar-refractivity contribution in [3.05, 3.63) is 0 Å². The van der Waals surface area contributed by atoms with E-state index in [1.807, 2.05) is 11.0 Å². The van der Waals surface area contributed by atoms with Gasteiger partial charge in [-0.1, -0.05) is 0 Å². The highest BCUT2D eigenvalue weighted by Crippen LogP contribution is 2.05. The van der Waals surface area contributed by atoms with E-state index in [9.17, 15) is 4.79 Å². The third-order valence-corrected chi connectivity index (χ3v) is 2.06. The lowest BCUT2D eigenvalue weighted by atomic mass is 10.2. The molecular formula is C8H13N3O2. The number of nitrogens with zero attached hydrogens (tertiary/aromatic N) is 2. The van der Waals surface area contributed by atoms with E-state index in [0.717, 1.165) is 0 Å². The van der Waals surface area contributed by atoms with Crippen LogP contribution in [0.3, 0.4) is 0 Å². The normalized spacial score (nSPS) is 23.5. The minimum atomic E-state index is -0.307. The molecule has 13 heavy (non-hydrogen) atoms. The second-order valence-corrected chi connectivity index (χ2v) is 2.83. The van der Waals surface area contributed by atoms with Gasteiger partial charge in [0.2, 0.25) is 5.91 Å². The summed E-state index contributed by atoms with van der Waals surface area (Å²) in [4.78, 5) is 13.1. The van der Waals surface area contributed by atoms with Crippen LogP contribution in [0.25, 0.3) is 0 Å². The Labute approximate surface area is 77.3 Å². The Kier molecular flexibility index (Phi) is 3.68. The molecular weight excluding hydrogens is 170 g/mol. The molecule has 1 amide bonds. The van der Waals surface area contributed by atoms with Crippen LogP contribution in [0.4, 0.5) is 0 Å². The first kappa shape index (κ1) is 9.96. The fourth-order valence-electron chi connectivity index (χ4n) is 1.33. The van der Waals surface area contributed by atoms with Gasteiger partial charge in [0.1, 0.15) is 6.04 Å². The topological polar surface area (TPSA) is 65.4 Å². The SMILES string of the molecule is CNC(=O)C1COCCN1CC#N. The second-order valence-electron chi connectivity index (χ2n) is 2.83. The molecule has 0 aliphatic carbocycles. The molecule has 0 bridgehead atoms. The standard InChI is InChI=1S/C8H13N3O2/c1-10-8(12)7-6-13-5-4-11(7)3-2-9/h7H,3-6H2,1H3,(H,10,12). The molecule has 1 rings (SSSR count). The number of carbonyl (C=O) groups is 1. The molecule has 1 heterocycles. The molecule has 0 aromatic heterocycles. The van der Waals surface area contributed by atoms with Gasteiger partial charge < -0.3 is 10.1 Å². The highest BCUT2D eigenvalue weighted by atomic mass is 16.5. The van der Waals surface area contributed by atoms with Crippen molar-refractivity contribution in [2.75, 3.05) is 33.4 Å². The number of morpholine rings is 1. The summed E-state index contributed by atoms with van der Waals surface area (Å²) in [5, 5.41) is 11.1.